The summed E-state index contributed by atoms with van der Waals surface area (Å²) in [7, 11) is 1.53. The number of oxazole rings is 1. The number of nitrogens with zero attached hydrogens (tertiary/aromatic N) is 4. The van der Waals surface area contributed by atoms with Crippen molar-refractivity contribution >= 4 is 17.5 Å². The zero-order chi connectivity index (χ0) is 31.2. The monoisotopic (exact) mass is 605 g/mol. The highest BCUT2D eigenvalue weighted by atomic mass is 16.5. The molecular formula is C33H43N5O6. The summed E-state index contributed by atoms with van der Waals surface area (Å²) in [5.74, 6) is 2.54. The number of benzene rings is 1. The second-order valence-corrected chi connectivity index (χ2v) is 11.8. The molecule has 2 N–H and O–H groups in total. The third kappa shape index (κ3) is 7.75. The number of methoxy groups -OCH3 is 1. The summed E-state index contributed by atoms with van der Waals surface area (Å²) in [6.45, 7) is 9.38. The maximum Gasteiger partial charge on any atom is 0.219 e. The summed E-state index contributed by atoms with van der Waals surface area (Å²) in [5, 5.41) is 14.3. The first-order chi connectivity index (χ1) is 21.2. The van der Waals surface area contributed by atoms with E-state index in [4.69, 9.17) is 13.9 Å². The third-order valence-electron chi connectivity index (χ3n) is 8.72. The Morgan fingerprint density at radius 1 is 1.18 bits per heavy atom. The van der Waals surface area contributed by atoms with Gasteiger partial charge in [-0.25, -0.2) is 4.98 Å². The van der Waals surface area contributed by atoms with Gasteiger partial charge in [0.2, 0.25) is 11.8 Å². The SMILES string of the molecule is COc1cc(C(=O)CC[C@H](O)CN2CCc3c(ccc(OCc4ocnc4C)c3C)C2)cc(NC2CCN(C(C)=O)CC2)n1. The summed E-state index contributed by atoms with van der Waals surface area (Å²) < 4.78 is 16.8. The molecule has 1 aromatic carbocycles. The molecule has 4 heterocycles. The Hall–Kier alpha value is -3.96. The average molecular weight is 606 g/mol. The molecule has 2 aliphatic rings. The summed E-state index contributed by atoms with van der Waals surface area (Å²) in [6.07, 6.45) is 3.89. The van der Waals surface area contributed by atoms with Gasteiger partial charge in [0.15, 0.2) is 17.9 Å². The number of anilines is 1. The number of aromatic nitrogens is 2. The number of carbonyl (C=O) groups is 2. The predicted octanol–water partition coefficient (Wildman–Crippen LogP) is 4.08. The van der Waals surface area contributed by atoms with Crippen molar-refractivity contribution in [2.24, 2.45) is 0 Å². The van der Waals surface area contributed by atoms with Gasteiger partial charge in [0.05, 0.1) is 18.9 Å². The number of nitrogens with one attached hydrogen (secondary N) is 1. The molecule has 1 fully saturated rings. The van der Waals surface area contributed by atoms with Gasteiger partial charge in [-0.2, -0.15) is 4.98 Å². The lowest BCUT2D eigenvalue weighted by Gasteiger charge is -2.32. The number of hydrogen-bond acceptors (Lipinski definition) is 10. The van der Waals surface area contributed by atoms with Gasteiger partial charge in [0, 0.05) is 63.7 Å². The fourth-order valence-electron chi connectivity index (χ4n) is 6.02. The molecular weight excluding hydrogens is 562 g/mol. The number of likely N-dealkylation sites (tertiary alicyclic amines) is 1. The van der Waals surface area contributed by atoms with Crippen LogP contribution in [0.2, 0.25) is 0 Å². The third-order valence-corrected chi connectivity index (χ3v) is 8.72. The van der Waals surface area contributed by atoms with Crippen LogP contribution >= 0.6 is 0 Å². The van der Waals surface area contributed by atoms with Crippen molar-refractivity contribution in [2.75, 3.05) is 38.6 Å². The Balaban J connectivity index is 1.11. The molecule has 1 amide bonds. The van der Waals surface area contributed by atoms with Gasteiger partial charge < -0.3 is 29.2 Å². The number of aryl methyl sites for hydroxylation is 1. The van der Waals surface area contributed by atoms with Crippen molar-refractivity contribution in [3.63, 3.8) is 0 Å². The van der Waals surface area contributed by atoms with Gasteiger partial charge in [-0.1, -0.05) is 6.07 Å². The molecule has 3 aromatic rings. The first kappa shape index (κ1) is 31.5. The number of β-amino-alcohol motifs (C(OH)–C–C–N with tert-alkyl or cyclic N) is 1. The van der Waals surface area contributed by atoms with Crippen LogP contribution in [0.15, 0.2) is 35.1 Å². The normalized spacial score (nSPS) is 16.3. The van der Waals surface area contributed by atoms with Gasteiger partial charge in [-0.15, -0.1) is 0 Å². The van der Waals surface area contributed by atoms with Crippen LogP contribution in [0.4, 0.5) is 5.82 Å². The zero-order valence-corrected chi connectivity index (χ0v) is 26.1. The number of aliphatic hydroxyl groups is 1. The first-order valence-electron chi connectivity index (χ1n) is 15.3. The number of Topliss-reactive ketones (excluding diaryl/α,β-unsaturated/α-hetero) is 1. The second kappa shape index (κ2) is 14.2. The molecule has 11 heteroatoms. The number of ether oxygens (including phenoxy) is 2. The molecule has 2 aromatic heterocycles. The zero-order valence-electron chi connectivity index (χ0n) is 26.1. The van der Waals surface area contributed by atoms with Crippen molar-refractivity contribution in [3.05, 3.63) is 64.4 Å². The van der Waals surface area contributed by atoms with E-state index in [2.05, 4.69) is 33.2 Å². The summed E-state index contributed by atoms with van der Waals surface area (Å²) >= 11 is 0. The Bertz CT molecular complexity index is 1460. The molecule has 0 saturated carbocycles. The van der Waals surface area contributed by atoms with Crippen LogP contribution in [0.1, 0.15) is 71.1 Å². The highest BCUT2D eigenvalue weighted by Crippen LogP contribution is 2.30. The van der Waals surface area contributed by atoms with E-state index in [1.54, 1.807) is 19.1 Å². The van der Waals surface area contributed by atoms with Gasteiger partial charge in [0.25, 0.3) is 0 Å². The van der Waals surface area contributed by atoms with E-state index < -0.39 is 6.10 Å². The lowest BCUT2D eigenvalue weighted by atomic mass is 9.94. The van der Waals surface area contributed by atoms with Crippen molar-refractivity contribution in [1.29, 1.82) is 0 Å². The summed E-state index contributed by atoms with van der Waals surface area (Å²) in [6, 6.07) is 7.66. The molecule has 11 nitrogen and oxygen atoms in total. The Kier molecular flexibility index (Phi) is 10.2. The fraction of sp³-hybridized carbons (Fsp3) is 0.515. The van der Waals surface area contributed by atoms with Crippen LogP contribution in [0.5, 0.6) is 11.6 Å². The Morgan fingerprint density at radius 3 is 2.68 bits per heavy atom. The number of rotatable bonds is 12. The minimum Gasteiger partial charge on any atom is -0.485 e. The first-order valence-corrected chi connectivity index (χ1v) is 15.3. The molecule has 0 unspecified atom stereocenters. The molecule has 5 rings (SSSR count). The van der Waals surface area contributed by atoms with Crippen molar-refractivity contribution in [3.8, 4) is 11.6 Å². The van der Waals surface area contributed by atoms with Crippen LogP contribution in [0, 0.1) is 13.8 Å². The van der Waals surface area contributed by atoms with E-state index >= 15 is 0 Å². The molecule has 1 saturated heterocycles. The van der Waals surface area contributed by atoms with Gasteiger partial charge in [0.1, 0.15) is 18.2 Å². The quantitative estimate of drug-likeness (QED) is 0.291. The Morgan fingerprint density at radius 2 is 1.98 bits per heavy atom. The molecule has 1 atom stereocenters. The van der Waals surface area contributed by atoms with Crippen LogP contribution in [0.25, 0.3) is 0 Å². The van der Waals surface area contributed by atoms with Crippen molar-refractivity contribution < 1.29 is 28.6 Å². The lowest BCUT2D eigenvalue weighted by Crippen LogP contribution is -2.41. The number of carbonyl (C=O) groups excluding carboxylic acids is 2. The van der Waals surface area contributed by atoms with Crippen LogP contribution in [0.3, 0.4) is 0 Å². The molecule has 236 valence electrons. The topological polar surface area (TPSA) is 130 Å². The Labute approximate surface area is 258 Å². The van der Waals surface area contributed by atoms with Crippen LogP contribution < -0.4 is 14.8 Å². The highest BCUT2D eigenvalue weighted by molar-refractivity contribution is 5.97. The van der Waals surface area contributed by atoms with Gasteiger partial charge in [-0.05, 0) is 68.4 Å². The minimum atomic E-state index is -0.623. The highest BCUT2D eigenvalue weighted by Gasteiger charge is 2.24. The number of pyridine rings is 1. The number of fused-ring (bicyclic) bond motifs is 1. The average Bonchev–Trinajstić information content (AvgIpc) is 3.43. The standard InChI is InChI=1S/C33H43N5O6/c1-21-28-11-12-37(17-24(28)5-8-30(21)43-19-31-22(2)34-20-44-31)18-27(40)6-7-29(41)25-15-32(36-33(16-25)42-4)35-26-9-13-38(14-10-26)23(3)39/h5,8,15-16,20,26-27,40H,6-7,9-14,17-19H2,1-4H3,(H,35,36)/t27-/m0/s1. The van der Waals surface area contributed by atoms with E-state index in [1.165, 1.54) is 24.6 Å². The molecule has 0 aliphatic carbocycles. The fourth-order valence-corrected chi connectivity index (χ4v) is 6.02. The van der Waals surface area contributed by atoms with Crippen LogP contribution in [-0.4, -0.2) is 82.0 Å². The van der Waals surface area contributed by atoms with Crippen molar-refractivity contribution in [1.82, 2.24) is 19.8 Å². The lowest BCUT2D eigenvalue weighted by molar-refractivity contribution is -0.129. The molecule has 0 radical (unpaired) electrons. The molecule has 0 spiro atoms. The van der Waals surface area contributed by atoms with E-state index in [0.717, 1.165) is 55.1 Å². The number of ketones is 1. The van der Waals surface area contributed by atoms with E-state index in [-0.39, 0.29) is 24.2 Å². The van der Waals surface area contributed by atoms with Gasteiger partial charge in [-0.3, -0.25) is 14.5 Å². The smallest absolute Gasteiger partial charge is 0.219 e. The number of aliphatic hydroxyl groups excluding tert-OH is 1. The number of piperidine rings is 1. The van der Waals surface area contributed by atoms with E-state index in [0.29, 0.717) is 49.9 Å². The molecule has 2 aliphatic heterocycles. The van der Waals surface area contributed by atoms with Gasteiger partial charge >= 0.3 is 0 Å². The van der Waals surface area contributed by atoms with Crippen LogP contribution in [-0.2, 0) is 24.4 Å². The predicted molar refractivity (Wildman–Crippen MR) is 165 cm³/mol. The largest absolute Gasteiger partial charge is 0.485 e. The maximum atomic E-state index is 13.2. The number of hydrogen-bond donors (Lipinski definition) is 2. The van der Waals surface area contributed by atoms with Crippen molar-refractivity contribution in [2.45, 2.75) is 78.2 Å². The van der Waals surface area contributed by atoms with E-state index in [9.17, 15) is 14.7 Å². The number of amides is 1. The minimum absolute atomic E-state index is 0.0631. The second-order valence-electron chi connectivity index (χ2n) is 11.8. The molecule has 44 heavy (non-hydrogen) atoms. The van der Waals surface area contributed by atoms with E-state index in [1.807, 2.05) is 17.9 Å². The molecule has 0 bridgehead atoms. The summed E-state index contributed by atoms with van der Waals surface area (Å²) in [4.78, 5) is 37.5. The maximum absolute atomic E-state index is 13.2. The summed E-state index contributed by atoms with van der Waals surface area (Å²) in [5.41, 5.74) is 4.99.